The van der Waals surface area contributed by atoms with Crippen LogP contribution in [0.15, 0.2) is 82.2 Å². The molecule has 1 atom stereocenters. The smallest absolute Gasteiger partial charge is 0.264 e. The first-order chi connectivity index (χ1) is 18.6. The predicted octanol–water partition coefficient (Wildman–Crippen LogP) is 5.25. The van der Waals surface area contributed by atoms with Crippen molar-refractivity contribution in [1.29, 1.82) is 0 Å². The lowest BCUT2D eigenvalue weighted by atomic mass is 10.1. The molecule has 0 aliphatic rings. The summed E-state index contributed by atoms with van der Waals surface area (Å²) in [5.74, 6) is -0.308. The van der Waals surface area contributed by atoms with Gasteiger partial charge in [0.2, 0.25) is 11.8 Å². The zero-order valence-electron chi connectivity index (χ0n) is 21.9. The van der Waals surface area contributed by atoms with Crippen molar-refractivity contribution in [2.24, 2.45) is 0 Å². The molecule has 0 saturated heterocycles. The van der Waals surface area contributed by atoms with Gasteiger partial charge < -0.3 is 15.0 Å². The number of benzene rings is 3. The van der Waals surface area contributed by atoms with E-state index in [1.54, 1.807) is 38.1 Å². The van der Waals surface area contributed by atoms with E-state index in [9.17, 15) is 18.0 Å². The summed E-state index contributed by atoms with van der Waals surface area (Å²) in [6, 6.07) is 18.7. The Hall–Kier alpha value is -3.08. The van der Waals surface area contributed by atoms with Crippen LogP contribution in [0.3, 0.4) is 0 Å². The second kappa shape index (κ2) is 13.8. The number of sulfonamides is 1. The summed E-state index contributed by atoms with van der Waals surface area (Å²) in [5.41, 5.74) is 1.06. The van der Waals surface area contributed by atoms with Crippen LogP contribution in [-0.2, 0) is 26.2 Å². The zero-order valence-corrected chi connectivity index (χ0v) is 25.1. The van der Waals surface area contributed by atoms with Gasteiger partial charge in [-0.3, -0.25) is 13.9 Å². The van der Waals surface area contributed by atoms with Gasteiger partial charge in [-0.25, -0.2) is 8.42 Å². The molecule has 3 rings (SSSR count). The Morgan fingerprint density at radius 1 is 0.974 bits per heavy atom. The number of carbonyl (C=O) groups excluding carboxylic acids is 2. The molecule has 39 heavy (non-hydrogen) atoms. The minimum Gasteiger partial charge on any atom is -0.494 e. The second-order valence-electron chi connectivity index (χ2n) is 8.61. The van der Waals surface area contributed by atoms with Crippen molar-refractivity contribution in [3.05, 3.63) is 87.9 Å². The van der Waals surface area contributed by atoms with E-state index < -0.39 is 28.5 Å². The van der Waals surface area contributed by atoms with Crippen LogP contribution >= 0.6 is 27.5 Å². The number of hydrogen-bond donors (Lipinski definition) is 1. The largest absolute Gasteiger partial charge is 0.494 e. The van der Waals surface area contributed by atoms with Crippen molar-refractivity contribution in [2.45, 2.75) is 38.3 Å². The van der Waals surface area contributed by atoms with Crippen molar-refractivity contribution >= 4 is 55.1 Å². The van der Waals surface area contributed by atoms with Gasteiger partial charge in [0.15, 0.2) is 0 Å². The number of halogens is 2. The second-order valence-corrected chi connectivity index (χ2v) is 11.8. The zero-order chi connectivity index (χ0) is 28.6. The molecule has 0 radical (unpaired) electrons. The first-order valence-corrected chi connectivity index (χ1v) is 15.0. The van der Waals surface area contributed by atoms with E-state index in [1.165, 1.54) is 29.2 Å². The van der Waals surface area contributed by atoms with Gasteiger partial charge in [-0.2, -0.15) is 0 Å². The maximum absolute atomic E-state index is 13.8. The van der Waals surface area contributed by atoms with Gasteiger partial charge in [0.05, 0.1) is 17.2 Å². The van der Waals surface area contributed by atoms with Gasteiger partial charge in [0.25, 0.3) is 10.0 Å². The molecule has 0 bridgehead atoms. The van der Waals surface area contributed by atoms with Crippen LogP contribution in [0.1, 0.15) is 26.3 Å². The molecule has 0 heterocycles. The summed E-state index contributed by atoms with van der Waals surface area (Å²) in [6.45, 7) is 5.69. The summed E-state index contributed by atoms with van der Waals surface area (Å²) in [4.78, 5) is 28.0. The summed E-state index contributed by atoms with van der Waals surface area (Å²) in [5, 5.41) is 3.12. The molecule has 3 aromatic carbocycles. The van der Waals surface area contributed by atoms with Crippen LogP contribution in [0.2, 0.25) is 5.02 Å². The Bertz CT molecular complexity index is 1370. The molecule has 0 spiro atoms. The van der Waals surface area contributed by atoms with E-state index >= 15 is 0 Å². The lowest BCUT2D eigenvalue weighted by Crippen LogP contribution is -2.51. The minimum absolute atomic E-state index is 0.0233. The van der Waals surface area contributed by atoms with Crippen LogP contribution in [0.4, 0.5) is 5.69 Å². The standard InChI is InChI=1S/C28H31BrClN3O5S/c1-4-31-28(35)20(3)32(18-21-6-8-22(29)9-7-21)27(34)19-33(24-12-14-25(15-13-24)38-5-2)39(36,37)26-16-10-23(30)11-17-26/h6-17,20H,4-5,18-19H2,1-3H3,(H,31,35)/t20-/m1/s1. The van der Waals surface area contributed by atoms with E-state index in [0.717, 1.165) is 14.3 Å². The monoisotopic (exact) mass is 635 g/mol. The maximum atomic E-state index is 13.8. The summed E-state index contributed by atoms with van der Waals surface area (Å²) >= 11 is 9.38. The molecule has 3 aromatic rings. The average Bonchev–Trinajstić information content (AvgIpc) is 2.92. The number of anilines is 1. The van der Waals surface area contributed by atoms with Gasteiger partial charge in [-0.1, -0.05) is 39.7 Å². The van der Waals surface area contributed by atoms with Gasteiger partial charge in [-0.15, -0.1) is 0 Å². The van der Waals surface area contributed by atoms with E-state index in [1.807, 2.05) is 31.2 Å². The SMILES string of the molecule is CCNC(=O)[C@@H](C)N(Cc1ccc(Br)cc1)C(=O)CN(c1ccc(OCC)cc1)S(=O)(=O)c1ccc(Cl)cc1. The van der Waals surface area contributed by atoms with Crippen molar-refractivity contribution in [3.63, 3.8) is 0 Å². The number of amides is 2. The third-order valence-corrected chi connectivity index (χ3v) is 8.47. The minimum atomic E-state index is -4.18. The fourth-order valence-corrected chi connectivity index (χ4v) is 5.63. The molecule has 0 aliphatic heterocycles. The molecule has 0 aliphatic carbocycles. The third-order valence-electron chi connectivity index (χ3n) is 5.90. The van der Waals surface area contributed by atoms with Crippen LogP contribution in [0.5, 0.6) is 5.75 Å². The molecule has 0 aromatic heterocycles. The fraction of sp³-hybridized carbons (Fsp3) is 0.286. The topological polar surface area (TPSA) is 96.0 Å². The van der Waals surface area contributed by atoms with Crippen LogP contribution in [0.25, 0.3) is 0 Å². The van der Waals surface area contributed by atoms with Gasteiger partial charge in [-0.05, 0) is 87.0 Å². The Balaban J connectivity index is 2.02. The molecule has 0 fully saturated rings. The first-order valence-electron chi connectivity index (χ1n) is 12.4. The van der Waals surface area contributed by atoms with Gasteiger partial charge >= 0.3 is 0 Å². The van der Waals surface area contributed by atoms with Crippen molar-refractivity contribution in [2.75, 3.05) is 24.0 Å². The predicted molar refractivity (Wildman–Crippen MR) is 156 cm³/mol. The summed E-state index contributed by atoms with van der Waals surface area (Å²) in [7, 11) is -4.18. The first kappa shape index (κ1) is 30.5. The number of rotatable bonds is 12. The van der Waals surface area contributed by atoms with E-state index in [0.29, 0.717) is 23.9 Å². The number of hydrogen-bond acceptors (Lipinski definition) is 5. The quantitative estimate of drug-likeness (QED) is 0.293. The van der Waals surface area contributed by atoms with E-state index in [-0.39, 0.29) is 23.0 Å². The number of ether oxygens (including phenoxy) is 1. The molecule has 0 saturated carbocycles. The Kier molecular flexibility index (Phi) is 10.8. The normalized spacial score (nSPS) is 11.9. The van der Waals surface area contributed by atoms with Crippen LogP contribution < -0.4 is 14.4 Å². The number of likely N-dealkylation sites (N-methyl/N-ethyl adjacent to an activating group) is 1. The molecular formula is C28H31BrClN3O5S. The van der Waals surface area contributed by atoms with E-state index in [4.69, 9.17) is 16.3 Å². The summed E-state index contributed by atoms with van der Waals surface area (Å²) in [6.07, 6.45) is 0. The third kappa shape index (κ3) is 7.97. The molecule has 11 heteroatoms. The number of nitrogens with zero attached hydrogens (tertiary/aromatic N) is 2. The van der Waals surface area contributed by atoms with Gasteiger partial charge in [0, 0.05) is 22.6 Å². The van der Waals surface area contributed by atoms with Crippen molar-refractivity contribution in [3.8, 4) is 5.75 Å². The fourth-order valence-electron chi connectivity index (χ4n) is 3.83. The maximum Gasteiger partial charge on any atom is 0.264 e. The highest BCUT2D eigenvalue weighted by Gasteiger charge is 2.32. The molecule has 2 amide bonds. The molecular weight excluding hydrogens is 606 g/mol. The highest BCUT2D eigenvalue weighted by molar-refractivity contribution is 9.10. The average molecular weight is 637 g/mol. The van der Waals surface area contributed by atoms with Crippen molar-refractivity contribution < 1.29 is 22.7 Å². The lowest BCUT2D eigenvalue weighted by Gasteiger charge is -2.32. The highest BCUT2D eigenvalue weighted by atomic mass is 79.9. The van der Waals surface area contributed by atoms with Crippen LogP contribution in [-0.4, -0.2) is 50.9 Å². The summed E-state index contributed by atoms with van der Waals surface area (Å²) < 4.78 is 35.0. The highest BCUT2D eigenvalue weighted by Crippen LogP contribution is 2.27. The Labute approximate surface area is 243 Å². The van der Waals surface area contributed by atoms with E-state index in [2.05, 4.69) is 21.2 Å². The van der Waals surface area contributed by atoms with Crippen molar-refractivity contribution in [1.82, 2.24) is 10.2 Å². The lowest BCUT2D eigenvalue weighted by molar-refractivity contribution is -0.139. The number of nitrogens with one attached hydrogen (secondary N) is 1. The van der Waals surface area contributed by atoms with Crippen LogP contribution in [0, 0.1) is 0 Å². The number of carbonyl (C=O) groups is 2. The molecule has 208 valence electrons. The molecule has 1 N–H and O–H groups in total. The Morgan fingerprint density at radius 2 is 1.59 bits per heavy atom. The molecule has 0 unspecified atom stereocenters. The Morgan fingerprint density at radius 3 is 2.15 bits per heavy atom. The van der Waals surface area contributed by atoms with Gasteiger partial charge in [0.1, 0.15) is 18.3 Å². The molecule has 8 nitrogen and oxygen atoms in total.